The van der Waals surface area contributed by atoms with Crippen molar-refractivity contribution in [2.45, 2.75) is 51.1 Å². The van der Waals surface area contributed by atoms with Gasteiger partial charge in [-0.25, -0.2) is 9.18 Å². The fourth-order valence-corrected chi connectivity index (χ4v) is 4.06. The van der Waals surface area contributed by atoms with E-state index < -0.39 is 35.9 Å². The third-order valence-corrected chi connectivity index (χ3v) is 5.69. The van der Waals surface area contributed by atoms with Crippen molar-refractivity contribution in [3.63, 3.8) is 0 Å². The molecule has 3 rings (SSSR count). The number of nitriles is 1. The summed E-state index contributed by atoms with van der Waals surface area (Å²) in [6.45, 7) is 6.55. The molecular formula is C25H30FN3O4. The largest absolute Gasteiger partial charge is 0.444 e. The Balaban J connectivity index is 2.02. The van der Waals surface area contributed by atoms with Crippen LogP contribution in [-0.2, 0) is 4.74 Å². The van der Waals surface area contributed by atoms with Crippen molar-refractivity contribution in [2.75, 3.05) is 19.7 Å². The first kappa shape index (κ1) is 24.6. The van der Waals surface area contributed by atoms with E-state index in [1.807, 2.05) is 6.92 Å². The van der Waals surface area contributed by atoms with E-state index in [0.717, 1.165) is 5.56 Å². The fourth-order valence-electron chi connectivity index (χ4n) is 4.06. The van der Waals surface area contributed by atoms with Crippen molar-refractivity contribution in [1.82, 2.24) is 9.80 Å². The number of carbonyl (C=O) groups is 1. The van der Waals surface area contributed by atoms with Gasteiger partial charge in [-0.05, 0) is 63.1 Å². The van der Waals surface area contributed by atoms with E-state index in [1.54, 1.807) is 62.1 Å². The molecule has 1 saturated heterocycles. The van der Waals surface area contributed by atoms with Crippen LogP contribution in [-0.4, -0.2) is 63.2 Å². The number of ether oxygens (including phenoxy) is 1. The topological polar surface area (TPSA) is 97.0 Å². The Bertz CT molecular complexity index is 1010. The minimum Gasteiger partial charge on any atom is -0.444 e. The Morgan fingerprint density at radius 3 is 2.24 bits per heavy atom. The van der Waals surface area contributed by atoms with Crippen LogP contribution in [0.25, 0.3) is 0 Å². The summed E-state index contributed by atoms with van der Waals surface area (Å²) in [5.41, 5.74) is -0.547. The van der Waals surface area contributed by atoms with Crippen LogP contribution in [0, 0.1) is 17.1 Å². The summed E-state index contributed by atoms with van der Waals surface area (Å²) in [6.07, 6.45) is -0.571. The van der Waals surface area contributed by atoms with Crippen molar-refractivity contribution in [3.05, 3.63) is 71.0 Å². The van der Waals surface area contributed by atoms with E-state index in [0.29, 0.717) is 11.1 Å². The smallest absolute Gasteiger partial charge is 0.410 e. The number of β-amino-alcohol motifs (C(OH)–C–C–N with tert-alkyl or cyclic N) is 1. The maximum Gasteiger partial charge on any atom is 0.410 e. The van der Waals surface area contributed by atoms with Gasteiger partial charge in [0.05, 0.1) is 30.8 Å². The summed E-state index contributed by atoms with van der Waals surface area (Å²) in [5.74, 6) is -0.391. The van der Waals surface area contributed by atoms with E-state index in [9.17, 15) is 19.4 Å². The van der Waals surface area contributed by atoms with Crippen LogP contribution in [0.4, 0.5) is 9.18 Å². The number of nitrogens with zero attached hydrogens (tertiary/aromatic N) is 3. The number of aliphatic hydroxyl groups excluding tert-OH is 1. The van der Waals surface area contributed by atoms with Crippen molar-refractivity contribution in [1.29, 1.82) is 5.26 Å². The average molecular weight is 456 g/mol. The molecule has 8 heteroatoms. The van der Waals surface area contributed by atoms with Gasteiger partial charge in [-0.2, -0.15) is 5.26 Å². The lowest BCUT2D eigenvalue weighted by atomic mass is 9.91. The molecule has 2 aromatic carbocycles. The molecule has 1 fully saturated rings. The Kier molecular flexibility index (Phi) is 7.08. The van der Waals surface area contributed by atoms with Crippen LogP contribution in [0.3, 0.4) is 0 Å². The number of rotatable bonds is 4. The normalized spacial score (nSPS) is 22.5. The maximum absolute atomic E-state index is 13.7. The molecule has 0 aliphatic carbocycles. The van der Waals surface area contributed by atoms with Gasteiger partial charge in [-0.15, -0.1) is 0 Å². The van der Waals surface area contributed by atoms with Gasteiger partial charge in [0.15, 0.2) is 5.72 Å². The Hall–Kier alpha value is -2.99. The lowest BCUT2D eigenvalue weighted by molar-refractivity contribution is -0.193. The van der Waals surface area contributed by atoms with E-state index in [2.05, 4.69) is 6.07 Å². The van der Waals surface area contributed by atoms with Crippen LogP contribution in [0.5, 0.6) is 0 Å². The standard InChI is InChI=1S/C25H30FN3O4/c1-17-14-29(25(32,16-30)15-28(17)23(31)33-24(2,3)4)22(20-9-11-21(26)12-10-20)19-7-5-18(13-27)6-8-19/h5-12,17,22,30,32H,14-16H2,1-4H3/t17-,22?,25-/m0/s1. The quantitative estimate of drug-likeness (QED) is 0.733. The molecule has 176 valence electrons. The van der Waals surface area contributed by atoms with Gasteiger partial charge in [-0.3, -0.25) is 9.80 Å². The molecule has 7 nitrogen and oxygen atoms in total. The van der Waals surface area contributed by atoms with Crippen LogP contribution >= 0.6 is 0 Å². The van der Waals surface area contributed by atoms with Crippen LogP contribution < -0.4 is 0 Å². The summed E-state index contributed by atoms with van der Waals surface area (Å²) in [5, 5.41) is 30.9. The minimum absolute atomic E-state index is 0.173. The van der Waals surface area contributed by atoms with Gasteiger partial charge in [0.2, 0.25) is 0 Å². The Morgan fingerprint density at radius 2 is 1.76 bits per heavy atom. The second kappa shape index (κ2) is 9.48. The monoisotopic (exact) mass is 455 g/mol. The lowest BCUT2D eigenvalue weighted by Gasteiger charge is -2.52. The summed E-state index contributed by atoms with van der Waals surface area (Å²) in [6, 6.07) is 14.0. The zero-order valence-electron chi connectivity index (χ0n) is 19.3. The summed E-state index contributed by atoms with van der Waals surface area (Å²) < 4.78 is 19.1. The molecule has 1 amide bonds. The van der Waals surface area contributed by atoms with E-state index in [4.69, 9.17) is 10.00 Å². The molecule has 1 unspecified atom stereocenters. The maximum atomic E-state index is 13.7. The first-order chi connectivity index (χ1) is 15.5. The number of aliphatic hydroxyl groups is 2. The van der Waals surface area contributed by atoms with Gasteiger partial charge in [0, 0.05) is 12.6 Å². The number of hydrogen-bond donors (Lipinski definition) is 2. The molecule has 33 heavy (non-hydrogen) atoms. The number of halogens is 1. The number of hydrogen-bond acceptors (Lipinski definition) is 6. The second-order valence-corrected chi connectivity index (χ2v) is 9.44. The third-order valence-electron chi connectivity index (χ3n) is 5.69. The van der Waals surface area contributed by atoms with Gasteiger partial charge in [0.25, 0.3) is 0 Å². The third kappa shape index (κ3) is 5.50. The molecule has 0 bridgehead atoms. The summed E-state index contributed by atoms with van der Waals surface area (Å²) >= 11 is 0. The first-order valence-corrected chi connectivity index (χ1v) is 10.8. The zero-order chi connectivity index (χ0) is 24.4. The molecule has 0 aromatic heterocycles. The predicted octanol–water partition coefficient (Wildman–Crippen LogP) is 3.41. The van der Waals surface area contributed by atoms with E-state index >= 15 is 0 Å². The molecule has 0 spiro atoms. The average Bonchev–Trinajstić information content (AvgIpc) is 2.76. The summed E-state index contributed by atoms with van der Waals surface area (Å²) in [4.78, 5) is 15.9. The van der Waals surface area contributed by atoms with Crippen molar-refractivity contribution >= 4 is 6.09 Å². The number of benzene rings is 2. The van der Waals surface area contributed by atoms with Crippen LogP contribution in [0.1, 0.15) is 50.4 Å². The highest BCUT2D eigenvalue weighted by Gasteiger charge is 2.48. The Morgan fingerprint density at radius 1 is 1.21 bits per heavy atom. The number of carbonyl (C=O) groups excluding carboxylic acids is 1. The molecule has 1 heterocycles. The highest BCUT2D eigenvalue weighted by Crippen LogP contribution is 2.37. The molecular weight excluding hydrogens is 425 g/mol. The SMILES string of the molecule is C[C@H]1CN(C(c2ccc(F)cc2)c2ccc(C#N)cc2)[C@@](O)(CO)CN1C(=O)OC(C)(C)C. The molecule has 2 N–H and O–H groups in total. The van der Waals surface area contributed by atoms with Gasteiger partial charge in [0.1, 0.15) is 11.4 Å². The van der Waals surface area contributed by atoms with Gasteiger partial charge >= 0.3 is 6.09 Å². The van der Waals surface area contributed by atoms with Gasteiger partial charge in [-0.1, -0.05) is 24.3 Å². The van der Waals surface area contributed by atoms with E-state index in [-0.39, 0.29) is 19.1 Å². The fraction of sp³-hybridized carbons (Fsp3) is 0.440. The molecule has 1 aliphatic rings. The highest BCUT2D eigenvalue weighted by atomic mass is 19.1. The first-order valence-electron chi connectivity index (χ1n) is 10.8. The molecule has 1 aliphatic heterocycles. The number of amides is 1. The van der Waals surface area contributed by atoms with Crippen LogP contribution in [0.2, 0.25) is 0 Å². The minimum atomic E-state index is -1.78. The molecule has 2 aromatic rings. The van der Waals surface area contributed by atoms with Crippen LogP contribution in [0.15, 0.2) is 48.5 Å². The highest BCUT2D eigenvalue weighted by molar-refractivity contribution is 5.69. The van der Waals surface area contributed by atoms with Gasteiger partial charge < -0.3 is 14.9 Å². The summed E-state index contributed by atoms with van der Waals surface area (Å²) in [7, 11) is 0. The molecule has 3 atom stereocenters. The Labute approximate surface area is 193 Å². The van der Waals surface area contributed by atoms with Crippen molar-refractivity contribution in [3.8, 4) is 6.07 Å². The van der Waals surface area contributed by atoms with E-state index in [1.165, 1.54) is 17.0 Å². The zero-order valence-corrected chi connectivity index (χ0v) is 19.3. The molecule has 0 radical (unpaired) electrons. The molecule has 0 saturated carbocycles. The predicted molar refractivity (Wildman–Crippen MR) is 121 cm³/mol. The number of piperazine rings is 1. The van der Waals surface area contributed by atoms with Crippen molar-refractivity contribution < 1.29 is 24.1 Å². The second-order valence-electron chi connectivity index (χ2n) is 9.44. The lowest BCUT2D eigenvalue weighted by Crippen LogP contribution is -2.68. The van der Waals surface area contributed by atoms with Crippen molar-refractivity contribution in [2.24, 2.45) is 0 Å².